The van der Waals surface area contributed by atoms with Crippen LogP contribution in [0.5, 0.6) is 17.2 Å². The van der Waals surface area contributed by atoms with E-state index in [1.54, 1.807) is 13.2 Å². The molecule has 1 aliphatic rings. The number of anilines is 1. The van der Waals surface area contributed by atoms with E-state index in [4.69, 9.17) is 14.2 Å². The van der Waals surface area contributed by atoms with Crippen LogP contribution >= 0.6 is 11.8 Å². The summed E-state index contributed by atoms with van der Waals surface area (Å²) in [6.45, 7) is 5.72. The first-order chi connectivity index (χ1) is 20.1. The highest BCUT2D eigenvalue weighted by Crippen LogP contribution is 2.32. The average Bonchev–Trinajstić information content (AvgIpc) is 3.38. The number of allylic oxidation sites excluding steroid dienone is 1. The highest BCUT2D eigenvalue weighted by atomic mass is 32.2. The molecular formula is C34H50N2O4S. The summed E-state index contributed by atoms with van der Waals surface area (Å²) in [6, 6.07) is 13.4. The normalized spacial score (nSPS) is 12.8. The number of hydrogen-bond acceptors (Lipinski definition) is 6. The van der Waals surface area contributed by atoms with Gasteiger partial charge in [0.25, 0.3) is 5.91 Å². The van der Waals surface area contributed by atoms with Gasteiger partial charge in [-0.1, -0.05) is 89.7 Å². The third kappa shape index (κ3) is 13.2. The van der Waals surface area contributed by atoms with E-state index in [9.17, 15) is 4.79 Å². The van der Waals surface area contributed by atoms with Crippen LogP contribution in [0.4, 0.5) is 5.69 Å². The van der Waals surface area contributed by atoms with E-state index in [0.29, 0.717) is 23.9 Å². The largest absolute Gasteiger partial charge is 0.497 e. The van der Waals surface area contributed by atoms with E-state index in [1.165, 1.54) is 69.1 Å². The van der Waals surface area contributed by atoms with Crippen molar-refractivity contribution in [3.05, 3.63) is 59.1 Å². The highest BCUT2D eigenvalue weighted by Gasteiger charge is 2.12. The maximum Gasteiger partial charge on any atom is 0.262 e. The Hall–Kier alpha value is -2.80. The zero-order valence-corrected chi connectivity index (χ0v) is 26.2. The van der Waals surface area contributed by atoms with Gasteiger partial charge in [0.05, 0.1) is 19.6 Å². The standard InChI is InChI=1S/C34H50N2O4S/c1-4-5-6-7-8-9-10-11-12-13-14-15-21-39-33-23-31(38-3)19-20-32(33)40-26-34(37)35-30-18-16-17-29(22-30)25-36-24-28(2)41-27-36/h16-20,22-24H,4-15,21,25-27H2,1-3H3,(H,35,37). The number of thioether (sulfide) groups is 1. The van der Waals surface area contributed by atoms with E-state index in [2.05, 4.69) is 36.3 Å². The van der Waals surface area contributed by atoms with Gasteiger partial charge in [0.1, 0.15) is 5.75 Å². The Morgan fingerprint density at radius 1 is 0.878 bits per heavy atom. The number of benzene rings is 2. The Labute approximate surface area is 252 Å². The molecule has 1 heterocycles. The number of methoxy groups -OCH3 is 1. The Bertz CT molecular complexity index is 1070. The van der Waals surface area contributed by atoms with E-state index in [1.807, 2.05) is 42.1 Å². The maximum atomic E-state index is 12.7. The van der Waals surface area contributed by atoms with Gasteiger partial charge >= 0.3 is 0 Å². The molecule has 0 atom stereocenters. The molecule has 1 amide bonds. The van der Waals surface area contributed by atoms with Crippen molar-refractivity contribution < 1.29 is 19.0 Å². The summed E-state index contributed by atoms with van der Waals surface area (Å²) in [5, 5.41) is 2.96. The van der Waals surface area contributed by atoms with Crippen LogP contribution < -0.4 is 19.5 Å². The Balaban J connectivity index is 1.35. The second-order valence-corrected chi connectivity index (χ2v) is 12.0. The van der Waals surface area contributed by atoms with E-state index in [-0.39, 0.29) is 12.5 Å². The van der Waals surface area contributed by atoms with Gasteiger partial charge in [-0.2, -0.15) is 0 Å². The number of hydrogen-bond donors (Lipinski definition) is 1. The quantitative estimate of drug-likeness (QED) is 0.148. The van der Waals surface area contributed by atoms with Crippen molar-refractivity contribution in [3.63, 3.8) is 0 Å². The SMILES string of the molecule is CCCCCCCCCCCCCCOc1cc(OC)ccc1OCC(=O)Nc1cccc(CN2C=C(C)SC2)c1. The number of carbonyl (C=O) groups is 1. The molecule has 1 N–H and O–H groups in total. The zero-order chi connectivity index (χ0) is 29.1. The van der Waals surface area contributed by atoms with Crippen LogP contribution in [0.3, 0.4) is 0 Å². The van der Waals surface area contributed by atoms with Crippen LogP contribution in [0.1, 0.15) is 96.5 Å². The molecule has 7 heteroatoms. The van der Waals surface area contributed by atoms with Crippen molar-refractivity contribution in [1.82, 2.24) is 4.90 Å². The maximum absolute atomic E-state index is 12.7. The summed E-state index contributed by atoms with van der Waals surface area (Å²) >= 11 is 1.84. The van der Waals surface area contributed by atoms with Gasteiger partial charge < -0.3 is 24.4 Å². The molecule has 0 spiro atoms. The number of amides is 1. The molecule has 3 rings (SSSR count). The third-order valence-corrected chi connectivity index (χ3v) is 8.21. The molecular weight excluding hydrogens is 532 g/mol. The number of nitrogens with zero attached hydrogens (tertiary/aromatic N) is 1. The average molecular weight is 583 g/mol. The van der Waals surface area contributed by atoms with E-state index < -0.39 is 0 Å². The van der Waals surface area contributed by atoms with Gasteiger partial charge in [-0.15, -0.1) is 11.8 Å². The highest BCUT2D eigenvalue weighted by molar-refractivity contribution is 8.03. The van der Waals surface area contributed by atoms with Crippen LogP contribution in [0.25, 0.3) is 0 Å². The second-order valence-electron chi connectivity index (χ2n) is 10.8. The van der Waals surface area contributed by atoms with Crippen molar-refractivity contribution in [2.45, 2.75) is 97.4 Å². The molecule has 2 aromatic carbocycles. The molecule has 0 aliphatic carbocycles. The first kappa shape index (κ1) is 32.7. The molecule has 226 valence electrons. The second kappa shape index (κ2) is 19.3. The lowest BCUT2D eigenvalue weighted by atomic mass is 10.1. The number of ether oxygens (including phenoxy) is 3. The number of nitrogens with one attached hydrogen (secondary N) is 1. The van der Waals surface area contributed by atoms with E-state index in [0.717, 1.165) is 36.5 Å². The summed E-state index contributed by atoms with van der Waals surface area (Å²) < 4.78 is 17.3. The molecule has 2 aromatic rings. The molecule has 1 aliphatic heterocycles. The summed E-state index contributed by atoms with van der Waals surface area (Å²) in [4.78, 5) is 16.3. The lowest BCUT2D eigenvalue weighted by Crippen LogP contribution is -2.20. The van der Waals surface area contributed by atoms with Gasteiger partial charge in [0.2, 0.25) is 0 Å². The van der Waals surface area contributed by atoms with Crippen LogP contribution in [-0.2, 0) is 11.3 Å². The van der Waals surface area contributed by atoms with Crippen LogP contribution in [0.15, 0.2) is 53.6 Å². The van der Waals surface area contributed by atoms with Gasteiger partial charge in [-0.25, -0.2) is 0 Å². The van der Waals surface area contributed by atoms with Gasteiger partial charge in [-0.3, -0.25) is 4.79 Å². The summed E-state index contributed by atoms with van der Waals surface area (Å²) in [7, 11) is 1.63. The van der Waals surface area contributed by atoms with Crippen molar-refractivity contribution in [2.24, 2.45) is 0 Å². The van der Waals surface area contributed by atoms with Crippen molar-refractivity contribution in [1.29, 1.82) is 0 Å². The fourth-order valence-corrected chi connectivity index (χ4v) is 5.66. The third-order valence-electron chi connectivity index (χ3n) is 7.18. The zero-order valence-electron chi connectivity index (χ0n) is 25.4. The summed E-state index contributed by atoms with van der Waals surface area (Å²) in [5.74, 6) is 2.60. The molecule has 6 nitrogen and oxygen atoms in total. The Kier molecular flexibility index (Phi) is 15.4. The van der Waals surface area contributed by atoms with Crippen LogP contribution in [0, 0.1) is 0 Å². The molecule has 0 fully saturated rings. The summed E-state index contributed by atoms with van der Waals surface area (Å²) in [5.41, 5.74) is 1.92. The monoisotopic (exact) mass is 582 g/mol. The molecule has 0 saturated heterocycles. The van der Waals surface area contributed by atoms with Crippen molar-refractivity contribution in [2.75, 3.05) is 31.5 Å². The number of carbonyl (C=O) groups excluding carboxylic acids is 1. The summed E-state index contributed by atoms with van der Waals surface area (Å²) in [6.07, 6.45) is 17.8. The first-order valence-electron chi connectivity index (χ1n) is 15.4. The van der Waals surface area contributed by atoms with Gasteiger partial charge in [-0.05, 0) is 48.1 Å². The number of rotatable bonds is 21. The van der Waals surface area contributed by atoms with Crippen LogP contribution in [0.2, 0.25) is 0 Å². The minimum Gasteiger partial charge on any atom is -0.497 e. The predicted octanol–water partition coefficient (Wildman–Crippen LogP) is 9.16. The van der Waals surface area contributed by atoms with E-state index >= 15 is 0 Å². The lowest BCUT2D eigenvalue weighted by Gasteiger charge is -2.16. The molecule has 41 heavy (non-hydrogen) atoms. The Morgan fingerprint density at radius 2 is 1.59 bits per heavy atom. The minimum absolute atomic E-state index is 0.101. The molecule has 0 unspecified atom stereocenters. The fourth-order valence-electron chi connectivity index (χ4n) is 4.90. The Morgan fingerprint density at radius 3 is 2.24 bits per heavy atom. The smallest absolute Gasteiger partial charge is 0.262 e. The predicted molar refractivity (Wildman–Crippen MR) is 172 cm³/mol. The molecule has 0 aromatic heterocycles. The molecule has 0 radical (unpaired) electrons. The van der Waals surface area contributed by atoms with Crippen molar-refractivity contribution >= 4 is 23.4 Å². The fraction of sp³-hybridized carbons (Fsp3) is 0.559. The van der Waals surface area contributed by atoms with Crippen molar-refractivity contribution in [3.8, 4) is 17.2 Å². The number of unbranched alkanes of at least 4 members (excludes halogenated alkanes) is 11. The van der Waals surface area contributed by atoms with Crippen LogP contribution in [-0.4, -0.2) is 37.0 Å². The lowest BCUT2D eigenvalue weighted by molar-refractivity contribution is -0.118. The minimum atomic E-state index is -0.211. The molecule has 0 bridgehead atoms. The van der Waals surface area contributed by atoms with Gasteiger partial charge in [0, 0.05) is 24.5 Å². The van der Waals surface area contributed by atoms with Gasteiger partial charge in [0.15, 0.2) is 18.1 Å². The molecule has 0 saturated carbocycles. The first-order valence-corrected chi connectivity index (χ1v) is 16.4. The topological polar surface area (TPSA) is 60.0 Å².